The summed E-state index contributed by atoms with van der Waals surface area (Å²) in [6.07, 6.45) is -0.632. The van der Waals surface area contributed by atoms with Crippen LogP contribution in [0.3, 0.4) is 0 Å². The lowest BCUT2D eigenvalue weighted by molar-refractivity contribution is 0.0995. The van der Waals surface area contributed by atoms with Crippen LogP contribution in [0.15, 0.2) is 42.5 Å². The van der Waals surface area contributed by atoms with Crippen LogP contribution in [0.5, 0.6) is 0 Å². The zero-order chi connectivity index (χ0) is 14.9. The highest BCUT2D eigenvalue weighted by molar-refractivity contribution is 5.37. The fourth-order valence-corrected chi connectivity index (χ4v) is 2.48. The smallest absolute Gasteiger partial charge is 0.123 e. The van der Waals surface area contributed by atoms with Gasteiger partial charge < -0.3 is 5.11 Å². The fraction of sp³-hybridized carbons (Fsp3) is 0.333. The van der Waals surface area contributed by atoms with Gasteiger partial charge in [0.25, 0.3) is 0 Å². The van der Waals surface area contributed by atoms with Crippen molar-refractivity contribution in [1.82, 2.24) is 0 Å². The van der Waals surface area contributed by atoms with Crippen LogP contribution in [0.4, 0.5) is 4.39 Å². The van der Waals surface area contributed by atoms with Crippen LogP contribution in [-0.4, -0.2) is 5.11 Å². The van der Waals surface area contributed by atoms with Crippen molar-refractivity contribution in [3.05, 3.63) is 70.5 Å². The van der Waals surface area contributed by atoms with Crippen LogP contribution < -0.4 is 0 Å². The average Bonchev–Trinajstić information content (AvgIpc) is 2.41. The molecule has 0 amide bonds. The predicted octanol–water partition coefficient (Wildman–Crippen LogP) is 4.45. The van der Waals surface area contributed by atoms with Crippen molar-refractivity contribution in [3.8, 4) is 0 Å². The SMILES string of the molecule is Cc1ccc(C)c(C(O)C(C)(C)c2ccc(F)cc2)c1. The quantitative estimate of drug-likeness (QED) is 0.875. The maximum Gasteiger partial charge on any atom is 0.123 e. The molecule has 0 spiro atoms. The van der Waals surface area contributed by atoms with Gasteiger partial charge in [0.15, 0.2) is 0 Å². The molecule has 1 atom stereocenters. The Kier molecular flexibility index (Phi) is 3.96. The molecule has 0 fully saturated rings. The van der Waals surface area contributed by atoms with E-state index in [0.717, 1.165) is 22.3 Å². The van der Waals surface area contributed by atoms with Gasteiger partial charge in [-0.25, -0.2) is 4.39 Å². The number of aliphatic hydroxyl groups excluding tert-OH is 1. The van der Waals surface area contributed by atoms with E-state index < -0.39 is 11.5 Å². The molecule has 0 saturated carbocycles. The first-order valence-electron chi connectivity index (χ1n) is 6.83. The van der Waals surface area contributed by atoms with Crippen LogP contribution in [0.2, 0.25) is 0 Å². The molecule has 2 rings (SSSR count). The fourth-order valence-electron chi connectivity index (χ4n) is 2.48. The maximum atomic E-state index is 13.1. The largest absolute Gasteiger partial charge is 0.387 e. The van der Waals surface area contributed by atoms with Gasteiger partial charge >= 0.3 is 0 Å². The van der Waals surface area contributed by atoms with Crippen LogP contribution >= 0.6 is 0 Å². The Morgan fingerprint density at radius 3 is 2.20 bits per heavy atom. The van der Waals surface area contributed by atoms with E-state index in [1.807, 2.05) is 45.9 Å². The van der Waals surface area contributed by atoms with Crippen molar-refractivity contribution in [2.24, 2.45) is 0 Å². The van der Waals surface area contributed by atoms with Crippen molar-refractivity contribution in [1.29, 1.82) is 0 Å². The van der Waals surface area contributed by atoms with Gasteiger partial charge in [0.1, 0.15) is 5.82 Å². The number of hydrogen-bond donors (Lipinski definition) is 1. The van der Waals surface area contributed by atoms with Crippen molar-refractivity contribution >= 4 is 0 Å². The third-order valence-electron chi connectivity index (χ3n) is 4.00. The number of aliphatic hydroxyl groups is 1. The molecular weight excluding hydrogens is 251 g/mol. The standard InChI is InChI=1S/C18H21FO/c1-12-5-6-13(2)16(11-12)17(20)18(3,4)14-7-9-15(19)10-8-14/h5-11,17,20H,1-4H3. The molecular formula is C18H21FO. The lowest BCUT2D eigenvalue weighted by Crippen LogP contribution is -2.27. The second-order valence-electron chi connectivity index (χ2n) is 5.99. The number of rotatable bonds is 3. The van der Waals surface area contributed by atoms with Gasteiger partial charge in [0.05, 0.1) is 6.10 Å². The van der Waals surface area contributed by atoms with Gasteiger partial charge in [-0.05, 0) is 42.7 Å². The second-order valence-corrected chi connectivity index (χ2v) is 5.99. The lowest BCUT2D eigenvalue weighted by Gasteiger charge is -2.32. The van der Waals surface area contributed by atoms with Gasteiger partial charge in [-0.2, -0.15) is 0 Å². The number of aryl methyl sites for hydroxylation is 2. The number of hydrogen-bond acceptors (Lipinski definition) is 1. The van der Waals surface area contributed by atoms with Gasteiger partial charge in [-0.3, -0.25) is 0 Å². The zero-order valence-electron chi connectivity index (χ0n) is 12.4. The molecule has 1 unspecified atom stereocenters. The first kappa shape index (κ1) is 14.7. The van der Waals surface area contributed by atoms with E-state index in [1.54, 1.807) is 12.1 Å². The molecule has 2 aromatic carbocycles. The topological polar surface area (TPSA) is 20.2 Å². The Bertz CT molecular complexity index is 599. The monoisotopic (exact) mass is 272 g/mol. The summed E-state index contributed by atoms with van der Waals surface area (Å²) in [5.41, 5.74) is 3.57. The highest BCUT2D eigenvalue weighted by Crippen LogP contribution is 2.38. The summed E-state index contributed by atoms with van der Waals surface area (Å²) in [6.45, 7) is 7.97. The molecule has 1 nitrogen and oxygen atoms in total. The molecule has 1 N–H and O–H groups in total. The van der Waals surface area contributed by atoms with Gasteiger partial charge in [0, 0.05) is 5.41 Å². The molecule has 0 heterocycles. The second kappa shape index (κ2) is 5.37. The number of halogens is 1. The number of benzene rings is 2. The van der Waals surface area contributed by atoms with E-state index in [4.69, 9.17) is 0 Å². The minimum Gasteiger partial charge on any atom is -0.387 e. The third-order valence-corrected chi connectivity index (χ3v) is 4.00. The van der Waals surface area contributed by atoms with E-state index in [2.05, 4.69) is 0 Å². The summed E-state index contributed by atoms with van der Waals surface area (Å²) < 4.78 is 13.1. The molecule has 20 heavy (non-hydrogen) atoms. The Balaban J connectivity index is 2.42. The Morgan fingerprint density at radius 1 is 1.00 bits per heavy atom. The van der Waals surface area contributed by atoms with Crippen LogP contribution in [0.1, 0.15) is 42.2 Å². The summed E-state index contributed by atoms with van der Waals surface area (Å²) in [7, 11) is 0. The lowest BCUT2D eigenvalue weighted by atomic mass is 9.75. The highest BCUT2D eigenvalue weighted by Gasteiger charge is 2.31. The molecule has 0 aliphatic heterocycles. The van der Waals surface area contributed by atoms with Gasteiger partial charge in [0.2, 0.25) is 0 Å². The van der Waals surface area contributed by atoms with Crippen molar-refractivity contribution in [2.75, 3.05) is 0 Å². The molecule has 0 aliphatic rings. The van der Waals surface area contributed by atoms with Crippen molar-refractivity contribution in [2.45, 2.75) is 39.2 Å². The van der Waals surface area contributed by atoms with Crippen LogP contribution in [0, 0.1) is 19.7 Å². The molecule has 2 aromatic rings. The predicted molar refractivity (Wildman–Crippen MR) is 80.3 cm³/mol. The maximum absolute atomic E-state index is 13.1. The van der Waals surface area contributed by atoms with Gasteiger partial charge in [-0.15, -0.1) is 0 Å². The molecule has 2 heteroatoms. The Hall–Kier alpha value is -1.67. The van der Waals surface area contributed by atoms with Crippen LogP contribution in [0.25, 0.3) is 0 Å². The van der Waals surface area contributed by atoms with E-state index >= 15 is 0 Å². The summed E-state index contributed by atoms with van der Waals surface area (Å²) in [6, 6.07) is 12.4. The highest BCUT2D eigenvalue weighted by atomic mass is 19.1. The van der Waals surface area contributed by atoms with E-state index in [1.165, 1.54) is 12.1 Å². The first-order valence-corrected chi connectivity index (χ1v) is 6.83. The van der Waals surface area contributed by atoms with E-state index in [9.17, 15) is 9.50 Å². The Labute approximate surface area is 120 Å². The van der Waals surface area contributed by atoms with Crippen molar-refractivity contribution in [3.63, 3.8) is 0 Å². The molecule has 0 radical (unpaired) electrons. The molecule has 0 aromatic heterocycles. The van der Waals surface area contributed by atoms with Crippen LogP contribution in [-0.2, 0) is 5.41 Å². The molecule has 0 saturated heterocycles. The minimum atomic E-state index is -0.632. The summed E-state index contributed by atoms with van der Waals surface area (Å²) in [5, 5.41) is 10.8. The van der Waals surface area contributed by atoms with Crippen molar-refractivity contribution < 1.29 is 9.50 Å². The van der Waals surface area contributed by atoms with E-state index in [-0.39, 0.29) is 5.82 Å². The Morgan fingerprint density at radius 2 is 1.60 bits per heavy atom. The zero-order valence-corrected chi connectivity index (χ0v) is 12.4. The summed E-state index contributed by atoms with van der Waals surface area (Å²) in [4.78, 5) is 0. The first-order chi connectivity index (χ1) is 9.32. The third kappa shape index (κ3) is 2.75. The molecule has 106 valence electrons. The van der Waals surface area contributed by atoms with E-state index in [0.29, 0.717) is 0 Å². The summed E-state index contributed by atoms with van der Waals surface area (Å²) >= 11 is 0. The summed E-state index contributed by atoms with van der Waals surface area (Å²) in [5.74, 6) is -0.259. The minimum absolute atomic E-state index is 0.259. The molecule has 0 aliphatic carbocycles. The van der Waals surface area contributed by atoms with Gasteiger partial charge in [-0.1, -0.05) is 49.7 Å². The average molecular weight is 272 g/mol. The normalized spacial score (nSPS) is 13.3. The molecule has 0 bridgehead atoms.